The number of rotatable bonds is 9. The van der Waals surface area contributed by atoms with Gasteiger partial charge in [-0.1, -0.05) is 60.7 Å². The Morgan fingerprint density at radius 3 is 2.29 bits per heavy atom. The summed E-state index contributed by atoms with van der Waals surface area (Å²) < 4.78 is 11.8. The fourth-order valence-corrected chi connectivity index (χ4v) is 3.76. The van der Waals surface area contributed by atoms with Crippen LogP contribution >= 0.6 is 12.4 Å². The number of nitrogens with zero attached hydrogens (tertiary/aromatic N) is 1. The largest absolute Gasteiger partial charge is 0.491 e. The van der Waals surface area contributed by atoms with E-state index in [1.54, 1.807) is 18.2 Å². The van der Waals surface area contributed by atoms with Gasteiger partial charge in [-0.05, 0) is 31.5 Å². The number of hydrogen-bond acceptors (Lipinski definition) is 5. The number of aliphatic hydroxyl groups excluding tert-OH is 1. The van der Waals surface area contributed by atoms with Gasteiger partial charge in [-0.15, -0.1) is 12.4 Å². The van der Waals surface area contributed by atoms with Gasteiger partial charge >= 0.3 is 0 Å². The Morgan fingerprint density at radius 2 is 1.62 bits per heavy atom. The lowest BCUT2D eigenvalue weighted by atomic mass is 10.1. The Morgan fingerprint density at radius 1 is 0.941 bits per heavy atom. The van der Waals surface area contributed by atoms with Crippen LogP contribution in [-0.2, 0) is 6.54 Å². The zero-order chi connectivity index (χ0) is 23.2. The van der Waals surface area contributed by atoms with Crippen molar-refractivity contribution in [1.29, 1.82) is 0 Å². The number of benzene rings is 3. The summed E-state index contributed by atoms with van der Waals surface area (Å²) in [5.41, 5.74) is 2.40. The lowest BCUT2D eigenvalue weighted by Crippen LogP contribution is -2.39. The van der Waals surface area contributed by atoms with E-state index in [9.17, 15) is 9.90 Å². The van der Waals surface area contributed by atoms with Gasteiger partial charge in [-0.2, -0.15) is 0 Å². The first kappa shape index (κ1) is 25.5. The molecule has 0 amide bonds. The average molecular weight is 480 g/mol. The van der Waals surface area contributed by atoms with Crippen molar-refractivity contribution in [2.24, 2.45) is 0 Å². The minimum absolute atomic E-state index is 0. The third-order valence-corrected chi connectivity index (χ3v) is 5.61. The monoisotopic (exact) mass is 479 g/mol. The molecule has 0 spiro atoms. The summed E-state index contributed by atoms with van der Waals surface area (Å²) in [5, 5.41) is 11.1. The molecule has 5 nitrogen and oxygen atoms in total. The van der Waals surface area contributed by atoms with E-state index in [-0.39, 0.29) is 30.5 Å². The van der Waals surface area contributed by atoms with Crippen molar-refractivity contribution in [2.45, 2.75) is 32.5 Å². The molecule has 0 aliphatic rings. The SMILES string of the molecule is CC(C)N(Cc1ccccc1)CC(O)COc1ccc2c(=O)cc(-c3ccccc3)oc2c1.Cl. The van der Waals surface area contributed by atoms with Crippen molar-refractivity contribution < 1.29 is 14.3 Å². The molecule has 0 aliphatic carbocycles. The van der Waals surface area contributed by atoms with Crippen LogP contribution in [0.2, 0.25) is 0 Å². The van der Waals surface area contributed by atoms with E-state index >= 15 is 0 Å². The Bertz CT molecular complexity index is 1240. The quantitative estimate of drug-likeness (QED) is 0.342. The Kier molecular flexibility index (Phi) is 8.88. The third-order valence-electron chi connectivity index (χ3n) is 5.61. The Balaban J connectivity index is 0.00000324. The molecule has 0 saturated heterocycles. The zero-order valence-corrected chi connectivity index (χ0v) is 20.2. The lowest BCUT2D eigenvalue weighted by Gasteiger charge is -2.28. The van der Waals surface area contributed by atoms with E-state index in [1.807, 2.05) is 48.5 Å². The van der Waals surface area contributed by atoms with Crippen LogP contribution in [0.4, 0.5) is 0 Å². The van der Waals surface area contributed by atoms with Crippen molar-refractivity contribution in [3.63, 3.8) is 0 Å². The van der Waals surface area contributed by atoms with Crippen molar-refractivity contribution in [3.05, 3.63) is 101 Å². The fraction of sp³-hybridized carbons (Fsp3) is 0.250. The smallest absolute Gasteiger partial charge is 0.193 e. The van der Waals surface area contributed by atoms with E-state index in [2.05, 4.69) is 30.9 Å². The average Bonchev–Trinajstić information content (AvgIpc) is 2.83. The highest BCUT2D eigenvalue weighted by Gasteiger charge is 2.16. The fourth-order valence-electron chi connectivity index (χ4n) is 3.76. The molecule has 4 aromatic rings. The molecule has 0 aliphatic heterocycles. The van der Waals surface area contributed by atoms with Crippen LogP contribution in [0.3, 0.4) is 0 Å². The zero-order valence-electron chi connectivity index (χ0n) is 19.4. The number of fused-ring (bicyclic) bond motifs is 1. The molecule has 178 valence electrons. The minimum Gasteiger partial charge on any atom is -0.491 e. The molecule has 0 bridgehead atoms. The molecule has 1 N–H and O–H groups in total. The topological polar surface area (TPSA) is 62.9 Å². The van der Waals surface area contributed by atoms with Crippen molar-refractivity contribution >= 4 is 23.4 Å². The second-order valence-corrected chi connectivity index (χ2v) is 8.47. The summed E-state index contributed by atoms with van der Waals surface area (Å²) in [7, 11) is 0. The second kappa shape index (κ2) is 11.8. The molecule has 34 heavy (non-hydrogen) atoms. The first-order chi connectivity index (χ1) is 16.0. The number of halogens is 1. The summed E-state index contributed by atoms with van der Waals surface area (Å²) in [6, 6.07) is 26.7. The third kappa shape index (κ3) is 6.48. The van der Waals surface area contributed by atoms with Gasteiger partial charge in [0.2, 0.25) is 0 Å². The highest BCUT2D eigenvalue weighted by Crippen LogP contribution is 2.25. The molecule has 3 aromatic carbocycles. The highest BCUT2D eigenvalue weighted by molar-refractivity contribution is 5.85. The predicted molar refractivity (Wildman–Crippen MR) is 139 cm³/mol. The number of ether oxygens (including phenoxy) is 1. The maximum absolute atomic E-state index is 12.5. The molecular weight excluding hydrogens is 450 g/mol. The van der Waals surface area contributed by atoms with Gasteiger partial charge in [0, 0.05) is 36.8 Å². The van der Waals surface area contributed by atoms with Gasteiger partial charge in [0.25, 0.3) is 0 Å². The van der Waals surface area contributed by atoms with E-state index in [1.165, 1.54) is 11.6 Å². The van der Waals surface area contributed by atoms with E-state index < -0.39 is 6.10 Å². The molecule has 0 radical (unpaired) electrons. The normalized spacial score (nSPS) is 12.0. The first-order valence-electron chi connectivity index (χ1n) is 11.2. The summed E-state index contributed by atoms with van der Waals surface area (Å²) in [6.07, 6.45) is -0.658. The van der Waals surface area contributed by atoms with Crippen LogP contribution in [0.5, 0.6) is 5.75 Å². The van der Waals surface area contributed by atoms with Crippen molar-refractivity contribution in [1.82, 2.24) is 4.90 Å². The molecule has 1 aromatic heterocycles. The molecule has 4 rings (SSSR count). The Hall–Kier alpha value is -3.12. The highest BCUT2D eigenvalue weighted by atomic mass is 35.5. The molecule has 1 heterocycles. The minimum atomic E-state index is -0.658. The molecule has 0 saturated carbocycles. The standard InChI is InChI=1S/C28H29NO4.ClH/c1-20(2)29(17-21-9-5-3-6-10-21)18-23(30)19-32-24-13-14-25-26(31)16-27(33-28(25)15-24)22-11-7-4-8-12-22;/h3-16,20,23,30H,17-19H2,1-2H3;1H. The van der Waals surface area contributed by atoms with Crippen LogP contribution in [0.15, 0.2) is 94.1 Å². The molecule has 6 heteroatoms. The van der Waals surface area contributed by atoms with E-state index in [0.717, 1.165) is 12.1 Å². The predicted octanol–water partition coefficient (Wildman–Crippen LogP) is 5.53. The van der Waals surface area contributed by atoms with Crippen LogP contribution in [0.25, 0.3) is 22.3 Å². The summed E-state index contributed by atoms with van der Waals surface area (Å²) in [6.45, 7) is 5.64. The van der Waals surface area contributed by atoms with E-state index in [0.29, 0.717) is 29.0 Å². The van der Waals surface area contributed by atoms with Gasteiger partial charge in [0.1, 0.15) is 29.8 Å². The number of hydrogen-bond donors (Lipinski definition) is 1. The molecule has 1 unspecified atom stereocenters. The maximum atomic E-state index is 12.5. The van der Waals surface area contributed by atoms with Gasteiger partial charge in [-0.3, -0.25) is 9.69 Å². The van der Waals surface area contributed by atoms with Crippen LogP contribution < -0.4 is 10.2 Å². The molecular formula is C28H30ClNO4. The van der Waals surface area contributed by atoms with E-state index in [4.69, 9.17) is 9.15 Å². The summed E-state index contributed by atoms with van der Waals surface area (Å²) in [4.78, 5) is 14.8. The summed E-state index contributed by atoms with van der Waals surface area (Å²) in [5.74, 6) is 1.06. The summed E-state index contributed by atoms with van der Waals surface area (Å²) >= 11 is 0. The van der Waals surface area contributed by atoms with Crippen LogP contribution in [0.1, 0.15) is 19.4 Å². The van der Waals surface area contributed by atoms with Gasteiger partial charge < -0.3 is 14.3 Å². The Labute approximate surface area is 206 Å². The maximum Gasteiger partial charge on any atom is 0.193 e. The lowest BCUT2D eigenvalue weighted by molar-refractivity contribution is 0.0543. The van der Waals surface area contributed by atoms with Crippen LogP contribution in [-0.4, -0.2) is 35.3 Å². The van der Waals surface area contributed by atoms with Gasteiger partial charge in [0.15, 0.2) is 5.43 Å². The number of aliphatic hydroxyl groups is 1. The van der Waals surface area contributed by atoms with Gasteiger partial charge in [0.05, 0.1) is 5.39 Å². The second-order valence-electron chi connectivity index (χ2n) is 8.47. The molecule has 0 fully saturated rings. The first-order valence-corrected chi connectivity index (χ1v) is 11.2. The van der Waals surface area contributed by atoms with Crippen molar-refractivity contribution in [2.75, 3.05) is 13.2 Å². The van der Waals surface area contributed by atoms with Crippen LogP contribution in [0, 0.1) is 0 Å². The molecule has 1 atom stereocenters. The van der Waals surface area contributed by atoms with Crippen molar-refractivity contribution in [3.8, 4) is 17.1 Å². The van der Waals surface area contributed by atoms with Gasteiger partial charge in [-0.25, -0.2) is 0 Å².